The van der Waals surface area contributed by atoms with Crippen LogP contribution in [0.1, 0.15) is 30.7 Å². The Bertz CT molecular complexity index is 1300. The van der Waals surface area contributed by atoms with Gasteiger partial charge in [-0.1, -0.05) is 42.5 Å². The Morgan fingerprint density at radius 1 is 0.970 bits per heavy atom. The molecule has 168 valence electrons. The maximum atomic E-state index is 13.1. The standard InChI is InChI=1S/C27H27N3O3/c1-3-33-25-15-9-7-13-23(25)29-18-20(16-26(29)31)27-28-21-11-5-6-12-22(21)30(27)17-19-10-4-8-14-24(19)32-2/h4-15,20H,3,16-18H2,1-2H3. The summed E-state index contributed by atoms with van der Waals surface area (Å²) in [4.78, 5) is 19.9. The van der Waals surface area contributed by atoms with Gasteiger partial charge in [-0.2, -0.15) is 0 Å². The highest BCUT2D eigenvalue weighted by Crippen LogP contribution is 2.37. The molecule has 3 aromatic carbocycles. The molecular weight excluding hydrogens is 414 g/mol. The van der Waals surface area contributed by atoms with Gasteiger partial charge in [-0.05, 0) is 37.3 Å². The van der Waals surface area contributed by atoms with Crippen molar-refractivity contribution >= 4 is 22.6 Å². The molecule has 5 rings (SSSR count). The van der Waals surface area contributed by atoms with Crippen LogP contribution in [0.25, 0.3) is 11.0 Å². The first kappa shape index (κ1) is 21.1. The molecule has 33 heavy (non-hydrogen) atoms. The van der Waals surface area contributed by atoms with Crippen LogP contribution in [0.2, 0.25) is 0 Å². The molecule has 0 saturated carbocycles. The van der Waals surface area contributed by atoms with Gasteiger partial charge < -0.3 is 18.9 Å². The first-order chi connectivity index (χ1) is 16.2. The summed E-state index contributed by atoms with van der Waals surface area (Å²) in [5, 5.41) is 0. The van der Waals surface area contributed by atoms with E-state index in [9.17, 15) is 4.79 Å². The van der Waals surface area contributed by atoms with E-state index in [2.05, 4.69) is 16.7 Å². The van der Waals surface area contributed by atoms with Gasteiger partial charge in [0.1, 0.15) is 17.3 Å². The largest absolute Gasteiger partial charge is 0.496 e. The molecule has 1 atom stereocenters. The van der Waals surface area contributed by atoms with Crippen LogP contribution in [0, 0.1) is 0 Å². The van der Waals surface area contributed by atoms with Gasteiger partial charge in [0.2, 0.25) is 5.91 Å². The number of carbonyl (C=O) groups is 1. The molecule has 0 N–H and O–H groups in total. The molecule has 1 aliphatic heterocycles. The highest BCUT2D eigenvalue weighted by Gasteiger charge is 2.36. The summed E-state index contributed by atoms with van der Waals surface area (Å²) in [5.41, 5.74) is 3.88. The smallest absolute Gasteiger partial charge is 0.227 e. The first-order valence-corrected chi connectivity index (χ1v) is 11.3. The number of hydrogen-bond donors (Lipinski definition) is 0. The van der Waals surface area contributed by atoms with E-state index in [1.54, 1.807) is 7.11 Å². The Morgan fingerprint density at radius 2 is 1.70 bits per heavy atom. The zero-order chi connectivity index (χ0) is 22.8. The second-order valence-electron chi connectivity index (χ2n) is 8.16. The molecule has 0 aliphatic carbocycles. The summed E-state index contributed by atoms with van der Waals surface area (Å²) in [7, 11) is 1.69. The van der Waals surface area contributed by atoms with Crippen molar-refractivity contribution in [1.82, 2.24) is 9.55 Å². The number of hydrogen-bond acceptors (Lipinski definition) is 4. The number of methoxy groups -OCH3 is 1. The van der Waals surface area contributed by atoms with Crippen molar-refractivity contribution in [2.24, 2.45) is 0 Å². The lowest BCUT2D eigenvalue weighted by Gasteiger charge is -2.20. The first-order valence-electron chi connectivity index (χ1n) is 11.3. The fourth-order valence-corrected chi connectivity index (χ4v) is 4.65. The Hall–Kier alpha value is -3.80. The van der Waals surface area contributed by atoms with Gasteiger partial charge in [-0.3, -0.25) is 4.79 Å². The zero-order valence-electron chi connectivity index (χ0n) is 18.9. The van der Waals surface area contributed by atoms with Gasteiger partial charge in [0.25, 0.3) is 0 Å². The average Bonchev–Trinajstić information content (AvgIpc) is 3.40. The third kappa shape index (κ3) is 3.93. The van der Waals surface area contributed by atoms with E-state index in [0.717, 1.165) is 39.6 Å². The lowest BCUT2D eigenvalue weighted by Crippen LogP contribution is -2.25. The summed E-state index contributed by atoms with van der Waals surface area (Å²) in [5.74, 6) is 2.57. The second kappa shape index (κ2) is 8.98. The molecule has 1 aromatic heterocycles. The van der Waals surface area contributed by atoms with Crippen LogP contribution in [0.3, 0.4) is 0 Å². The number of amides is 1. The van der Waals surface area contributed by atoms with Crippen LogP contribution in [0.15, 0.2) is 72.8 Å². The summed E-state index contributed by atoms with van der Waals surface area (Å²) in [6.07, 6.45) is 0.412. The molecular formula is C27H27N3O3. The number of ether oxygens (including phenoxy) is 2. The molecule has 1 unspecified atom stereocenters. The van der Waals surface area contributed by atoms with Crippen LogP contribution in [-0.4, -0.2) is 35.7 Å². The van der Waals surface area contributed by atoms with Crippen molar-refractivity contribution in [2.75, 3.05) is 25.2 Å². The third-order valence-electron chi connectivity index (χ3n) is 6.15. The van der Waals surface area contributed by atoms with Gasteiger partial charge in [0, 0.05) is 24.4 Å². The average molecular weight is 442 g/mol. The number of rotatable bonds is 7. The molecule has 1 fully saturated rings. The summed E-state index contributed by atoms with van der Waals surface area (Å²) < 4.78 is 13.6. The van der Waals surface area contributed by atoms with E-state index in [0.29, 0.717) is 26.1 Å². The number of benzene rings is 3. The number of aromatic nitrogens is 2. The lowest BCUT2D eigenvalue weighted by atomic mass is 10.1. The maximum absolute atomic E-state index is 13.1. The van der Waals surface area contributed by atoms with Gasteiger partial charge in [0.15, 0.2) is 0 Å². The molecule has 4 aromatic rings. The Labute approximate surface area is 193 Å². The molecule has 1 saturated heterocycles. The normalized spacial score (nSPS) is 15.9. The van der Waals surface area contributed by atoms with E-state index >= 15 is 0 Å². The lowest BCUT2D eigenvalue weighted by molar-refractivity contribution is -0.117. The summed E-state index contributed by atoms with van der Waals surface area (Å²) >= 11 is 0. The molecule has 6 heteroatoms. The Balaban J connectivity index is 1.53. The van der Waals surface area contributed by atoms with Gasteiger partial charge >= 0.3 is 0 Å². The quantitative estimate of drug-likeness (QED) is 0.404. The monoisotopic (exact) mass is 441 g/mol. The predicted molar refractivity (Wildman–Crippen MR) is 129 cm³/mol. The number of anilines is 1. The number of para-hydroxylation sites is 5. The molecule has 0 radical (unpaired) electrons. The molecule has 1 amide bonds. The highest BCUT2D eigenvalue weighted by molar-refractivity contribution is 5.97. The van der Waals surface area contributed by atoms with Gasteiger partial charge in [0.05, 0.1) is 37.0 Å². The highest BCUT2D eigenvalue weighted by atomic mass is 16.5. The predicted octanol–water partition coefficient (Wildman–Crippen LogP) is 5.01. The van der Waals surface area contributed by atoms with E-state index in [1.807, 2.05) is 72.5 Å². The number of imidazole rings is 1. The Morgan fingerprint density at radius 3 is 2.52 bits per heavy atom. The molecule has 2 heterocycles. The number of carbonyl (C=O) groups excluding carboxylic acids is 1. The van der Waals surface area contributed by atoms with E-state index in [-0.39, 0.29) is 11.8 Å². The van der Waals surface area contributed by atoms with Gasteiger partial charge in [-0.25, -0.2) is 4.98 Å². The van der Waals surface area contributed by atoms with Crippen molar-refractivity contribution in [3.05, 3.63) is 84.2 Å². The van der Waals surface area contributed by atoms with Crippen LogP contribution in [0.5, 0.6) is 11.5 Å². The summed E-state index contributed by atoms with van der Waals surface area (Å²) in [6, 6.07) is 23.9. The van der Waals surface area contributed by atoms with Crippen LogP contribution < -0.4 is 14.4 Å². The molecule has 0 bridgehead atoms. The minimum atomic E-state index is -0.0192. The number of fused-ring (bicyclic) bond motifs is 1. The fourth-order valence-electron chi connectivity index (χ4n) is 4.65. The Kier molecular flexibility index (Phi) is 5.73. The van der Waals surface area contributed by atoms with Crippen LogP contribution in [-0.2, 0) is 11.3 Å². The van der Waals surface area contributed by atoms with Crippen molar-refractivity contribution in [2.45, 2.75) is 25.8 Å². The van der Waals surface area contributed by atoms with Crippen molar-refractivity contribution in [1.29, 1.82) is 0 Å². The molecule has 1 aliphatic rings. The topological polar surface area (TPSA) is 56.6 Å². The second-order valence-corrected chi connectivity index (χ2v) is 8.16. The molecule has 6 nitrogen and oxygen atoms in total. The van der Waals surface area contributed by atoms with E-state index in [4.69, 9.17) is 14.5 Å². The van der Waals surface area contributed by atoms with Gasteiger partial charge in [-0.15, -0.1) is 0 Å². The van der Waals surface area contributed by atoms with Crippen molar-refractivity contribution < 1.29 is 14.3 Å². The summed E-state index contributed by atoms with van der Waals surface area (Å²) in [6.45, 7) is 3.70. The minimum Gasteiger partial charge on any atom is -0.496 e. The van der Waals surface area contributed by atoms with Crippen molar-refractivity contribution in [3.8, 4) is 11.5 Å². The van der Waals surface area contributed by atoms with E-state index < -0.39 is 0 Å². The zero-order valence-corrected chi connectivity index (χ0v) is 18.9. The maximum Gasteiger partial charge on any atom is 0.227 e. The number of nitrogens with zero attached hydrogens (tertiary/aromatic N) is 3. The van der Waals surface area contributed by atoms with Crippen LogP contribution >= 0.6 is 0 Å². The molecule has 0 spiro atoms. The van der Waals surface area contributed by atoms with Crippen molar-refractivity contribution in [3.63, 3.8) is 0 Å². The van der Waals surface area contributed by atoms with Crippen LogP contribution in [0.4, 0.5) is 5.69 Å². The fraction of sp³-hybridized carbons (Fsp3) is 0.259. The third-order valence-corrected chi connectivity index (χ3v) is 6.15. The van der Waals surface area contributed by atoms with E-state index in [1.165, 1.54) is 0 Å². The SMILES string of the molecule is CCOc1ccccc1N1CC(c2nc3ccccc3n2Cc2ccccc2OC)CC1=O. The minimum absolute atomic E-state index is 0.0192.